The summed E-state index contributed by atoms with van der Waals surface area (Å²) < 4.78 is 11.4. The van der Waals surface area contributed by atoms with Crippen LogP contribution in [0.3, 0.4) is 0 Å². The molecular weight excluding hydrogens is 513 g/mol. The molecule has 12 heteroatoms. The summed E-state index contributed by atoms with van der Waals surface area (Å²) in [5.41, 5.74) is 11.4. The fraction of sp³-hybridized carbons (Fsp3) is 0.852. The molecule has 2 aliphatic carbocycles. The van der Waals surface area contributed by atoms with Crippen molar-refractivity contribution < 1.29 is 9.46 Å². The van der Waals surface area contributed by atoms with Crippen molar-refractivity contribution in [3.8, 4) is 0 Å². The third kappa shape index (κ3) is 11.1. The number of rotatable bonds is 14. The van der Waals surface area contributed by atoms with Gasteiger partial charge in [-0.2, -0.15) is 9.97 Å². The minimum Gasteiger partial charge on any atom is -0.383 e. The van der Waals surface area contributed by atoms with Gasteiger partial charge in [-0.05, 0) is 76.4 Å². The number of aromatic nitrogens is 2. The smallest absolute Gasteiger partial charge is 0.265 e. The predicted molar refractivity (Wildman–Crippen MR) is 160 cm³/mol. The number of nitrogens with zero attached hydrogens (tertiary/aromatic N) is 4. The molecule has 11 nitrogen and oxygen atoms in total. The quantitative estimate of drug-likeness (QED) is 0.145. The highest BCUT2D eigenvalue weighted by Gasteiger charge is 2.23. The van der Waals surface area contributed by atoms with Gasteiger partial charge in [-0.15, -0.1) is 0 Å². The SMILES string of the molecule is Nc1cc(N2CCN(CCP(N)(=O)O)CC2)nc(NCC2CCC(CNCCCNC3CCCCC3)CC2)n1. The summed E-state index contributed by atoms with van der Waals surface area (Å²) in [5.74, 6) is 3.33. The van der Waals surface area contributed by atoms with Gasteiger partial charge in [-0.3, -0.25) is 15.0 Å². The predicted octanol–water partition coefficient (Wildman–Crippen LogP) is 2.45. The Morgan fingerprint density at radius 3 is 2.33 bits per heavy atom. The van der Waals surface area contributed by atoms with Crippen LogP contribution < -0.4 is 32.1 Å². The Morgan fingerprint density at radius 2 is 1.64 bits per heavy atom. The molecule has 2 saturated carbocycles. The summed E-state index contributed by atoms with van der Waals surface area (Å²) in [5, 5.41) is 10.9. The molecule has 1 saturated heterocycles. The average Bonchev–Trinajstić information content (AvgIpc) is 2.93. The lowest BCUT2D eigenvalue weighted by Crippen LogP contribution is -2.47. The molecule has 3 fully saturated rings. The molecule has 0 spiro atoms. The lowest BCUT2D eigenvalue weighted by atomic mass is 9.82. The van der Waals surface area contributed by atoms with E-state index in [9.17, 15) is 9.46 Å². The number of hydrogen-bond donors (Lipinski definition) is 6. The van der Waals surface area contributed by atoms with Crippen LogP contribution in [-0.2, 0) is 4.57 Å². The second-order valence-electron chi connectivity index (χ2n) is 11.9. The Hall–Kier alpha value is -1.49. The third-order valence-electron chi connectivity index (χ3n) is 8.68. The van der Waals surface area contributed by atoms with Crippen LogP contribution in [0.15, 0.2) is 6.07 Å². The summed E-state index contributed by atoms with van der Waals surface area (Å²) in [7, 11) is -3.46. The molecule has 0 amide bonds. The van der Waals surface area contributed by atoms with Crippen LogP contribution in [0, 0.1) is 11.8 Å². The number of anilines is 3. The number of nitrogen functional groups attached to an aromatic ring is 1. The number of hydrogen-bond acceptors (Lipinski definition) is 9. The van der Waals surface area contributed by atoms with Gasteiger partial charge in [0, 0.05) is 51.4 Å². The molecule has 1 unspecified atom stereocenters. The highest BCUT2D eigenvalue weighted by atomic mass is 31.2. The first kappa shape index (κ1) is 30.5. The standard InChI is InChI=1S/C27H52N9O2P/c28-25-19-26(36-15-13-35(14-16-36)17-18-39(29,37)38)34-27(33-25)32-21-23-9-7-22(8-10-23)20-30-11-4-12-31-24-5-2-1-3-6-24/h19,22-24,30-31H,1-18,20-21H2,(H3,29,37,38)(H3,28,32,33,34). The van der Waals surface area contributed by atoms with E-state index >= 15 is 0 Å². The Morgan fingerprint density at radius 1 is 0.949 bits per heavy atom. The van der Waals surface area contributed by atoms with E-state index in [1.807, 2.05) is 6.07 Å². The summed E-state index contributed by atoms with van der Waals surface area (Å²) in [4.78, 5) is 22.9. The lowest BCUT2D eigenvalue weighted by Gasteiger charge is -2.35. The minimum absolute atomic E-state index is 0.123. The van der Waals surface area contributed by atoms with Gasteiger partial charge in [0.25, 0.3) is 7.52 Å². The van der Waals surface area contributed by atoms with E-state index < -0.39 is 7.52 Å². The van der Waals surface area contributed by atoms with Crippen LogP contribution in [-0.4, -0.2) is 90.9 Å². The molecule has 39 heavy (non-hydrogen) atoms. The van der Waals surface area contributed by atoms with Crippen molar-refractivity contribution in [3.05, 3.63) is 6.07 Å². The third-order valence-corrected chi connectivity index (χ3v) is 9.52. The van der Waals surface area contributed by atoms with Gasteiger partial charge >= 0.3 is 0 Å². The van der Waals surface area contributed by atoms with Crippen LogP contribution in [0.4, 0.5) is 17.6 Å². The summed E-state index contributed by atoms with van der Waals surface area (Å²) in [6.45, 7) is 7.97. The molecule has 0 aromatic carbocycles. The molecule has 3 aliphatic rings. The van der Waals surface area contributed by atoms with Crippen molar-refractivity contribution >= 4 is 25.1 Å². The Bertz CT molecular complexity index is 895. The van der Waals surface area contributed by atoms with Crippen LogP contribution in [0.1, 0.15) is 64.2 Å². The van der Waals surface area contributed by atoms with Crippen LogP contribution in [0.25, 0.3) is 0 Å². The largest absolute Gasteiger partial charge is 0.383 e. The van der Waals surface area contributed by atoms with E-state index in [1.54, 1.807) is 0 Å². The van der Waals surface area contributed by atoms with Crippen LogP contribution >= 0.6 is 7.52 Å². The van der Waals surface area contributed by atoms with Gasteiger partial charge in [0.15, 0.2) is 0 Å². The normalized spacial score (nSPS) is 24.9. The van der Waals surface area contributed by atoms with Gasteiger partial charge in [0.2, 0.25) is 5.95 Å². The molecule has 1 aromatic rings. The zero-order valence-electron chi connectivity index (χ0n) is 23.7. The second-order valence-corrected chi connectivity index (χ2v) is 13.9. The summed E-state index contributed by atoms with van der Waals surface area (Å²) in [6, 6.07) is 2.59. The molecule has 222 valence electrons. The highest BCUT2D eigenvalue weighted by molar-refractivity contribution is 7.55. The van der Waals surface area contributed by atoms with Gasteiger partial charge < -0.3 is 31.5 Å². The first-order valence-corrected chi connectivity index (χ1v) is 17.2. The zero-order chi connectivity index (χ0) is 27.5. The topological polar surface area (TPSA) is 158 Å². The maximum Gasteiger partial charge on any atom is 0.265 e. The van der Waals surface area contributed by atoms with Crippen molar-refractivity contribution in [1.82, 2.24) is 25.5 Å². The molecule has 0 radical (unpaired) electrons. The van der Waals surface area contributed by atoms with Gasteiger partial charge in [0.1, 0.15) is 11.6 Å². The Labute approximate surface area is 234 Å². The van der Waals surface area contributed by atoms with Crippen molar-refractivity contribution in [2.45, 2.75) is 70.3 Å². The van der Waals surface area contributed by atoms with Crippen LogP contribution in [0.2, 0.25) is 0 Å². The van der Waals surface area contributed by atoms with Gasteiger partial charge in [-0.1, -0.05) is 19.3 Å². The maximum atomic E-state index is 11.4. The number of piperazine rings is 1. The fourth-order valence-electron chi connectivity index (χ4n) is 6.19. The minimum atomic E-state index is -3.46. The van der Waals surface area contributed by atoms with Gasteiger partial charge in [0.05, 0.1) is 6.16 Å². The Kier molecular flexibility index (Phi) is 12.1. The van der Waals surface area contributed by atoms with Gasteiger partial charge in [-0.25, -0.2) is 0 Å². The van der Waals surface area contributed by atoms with Crippen molar-refractivity contribution in [2.24, 2.45) is 17.3 Å². The molecule has 1 aliphatic heterocycles. The van der Waals surface area contributed by atoms with Crippen molar-refractivity contribution in [2.75, 3.05) is 81.0 Å². The lowest BCUT2D eigenvalue weighted by molar-refractivity contribution is 0.269. The average molecular weight is 566 g/mol. The van der Waals surface area contributed by atoms with E-state index in [4.69, 9.17) is 16.2 Å². The van der Waals surface area contributed by atoms with Crippen molar-refractivity contribution in [1.29, 1.82) is 0 Å². The molecular formula is C27H52N9O2P. The van der Waals surface area contributed by atoms with E-state index in [-0.39, 0.29) is 6.16 Å². The van der Waals surface area contributed by atoms with Crippen molar-refractivity contribution in [3.63, 3.8) is 0 Å². The van der Waals surface area contributed by atoms with E-state index in [2.05, 4.69) is 30.7 Å². The summed E-state index contributed by atoms with van der Waals surface area (Å²) >= 11 is 0. The fourth-order valence-corrected chi connectivity index (χ4v) is 6.76. The Balaban J connectivity index is 1.09. The molecule has 1 aromatic heterocycles. The first-order chi connectivity index (χ1) is 18.8. The molecule has 4 rings (SSSR count). The first-order valence-electron chi connectivity index (χ1n) is 15.2. The zero-order valence-corrected chi connectivity index (χ0v) is 24.6. The molecule has 0 bridgehead atoms. The van der Waals surface area contributed by atoms with E-state index in [0.717, 1.165) is 70.1 Å². The molecule has 1 atom stereocenters. The maximum absolute atomic E-state index is 11.4. The summed E-state index contributed by atoms with van der Waals surface area (Å²) in [6.07, 6.45) is 13.3. The molecule has 2 heterocycles. The second kappa shape index (κ2) is 15.5. The van der Waals surface area contributed by atoms with E-state index in [0.29, 0.717) is 24.2 Å². The number of nitrogens with one attached hydrogen (secondary N) is 3. The van der Waals surface area contributed by atoms with Crippen LogP contribution in [0.5, 0.6) is 0 Å². The molecule has 8 N–H and O–H groups in total. The number of nitrogens with two attached hydrogens (primary N) is 2. The monoisotopic (exact) mass is 565 g/mol. The highest BCUT2D eigenvalue weighted by Crippen LogP contribution is 2.30. The van der Waals surface area contributed by atoms with E-state index in [1.165, 1.54) is 64.2 Å².